The Kier molecular flexibility index (Phi) is 5.13. The van der Waals surface area contributed by atoms with E-state index in [2.05, 4.69) is 33.0 Å². The maximum Gasteiger partial charge on any atom is 0.343 e. The second kappa shape index (κ2) is 7.06. The smallest absolute Gasteiger partial charge is 0.343 e. The number of carboxylic acid groups (broad SMARTS) is 1. The van der Waals surface area contributed by atoms with Crippen LogP contribution in [0.2, 0.25) is 0 Å². The number of carbonyl (C=O) groups excluding carboxylic acids is 1. The Balaban J connectivity index is 2.43. The molecule has 118 valence electrons. The number of aromatic carboxylic acids is 1. The number of carboxylic acids is 1. The summed E-state index contributed by atoms with van der Waals surface area (Å²) in [4.78, 5) is 23.5. The van der Waals surface area contributed by atoms with E-state index in [0.717, 1.165) is 4.47 Å². The number of benzene rings is 1. The number of aromatic nitrogens is 1. The number of nitrogens with one attached hydrogen (secondary N) is 1. The van der Waals surface area contributed by atoms with Crippen LogP contribution in [0.25, 0.3) is 11.3 Å². The van der Waals surface area contributed by atoms with Crippen LogP contribution in [0.5, 0.6) is 0 Å². The highest BCUT2D eigenvalue weighted by Gasteiger charge is 2.25. The van der Waals surface area contributed by atoms with E-state index in [1.165, 1.54) is 6.08 Å². The van der Waals surface area contributed by atoms with Gasteiger partial charge in [-0.15, -0.1) is 0 Å². The van der Waals surface area contributed by atoms with Gasteiger partial charge in [0.15, 0.2) is 5.56 Å². The van der Waals surface area contributed by atoms with Gasteiger partial charge in [0.1, 0.15) is 5.69 Å². The van der Waals surface area contributed by atoms with Crippen molar-refractivity contribution in [3.8, 4) is 11.3 Å². The number of anilines is 1. The van der Waals surface area contributed by atoms with Gasteiger partial charge in [-0.05, 0) is 19.1 Å². The molecule has 1 heterocycles. The minimum Gasteiger partial charge on any atom is -0.477 e. The summed E-state index contributed by atoms with van der Waals surface area (Å²) in [6.45, 7) is 5.19. The average Bonchev–Trinajstić information content (AvgIpc) is 2.93. The number of hydrogen-bond acceptors (Lipinski definition) is 4. The Labute approximate surface area is 140 Å². The van der Waals surface area contributed by atoms with Crippen LogP contribution in [-0.2, 0) is 4.79 Å². The predicted octanol–water partition coefficient (Wildman–Crippen LogP) is 3.87. The van der Waals surface area contributed by atoms with Crippen molar-refractivity contribution in [2.75, 3.05) is 5.32 Å². The lowest BCUT2D eigenvalue weighted by molar-refractivity contribution is -0.112. The van der Waals surface area contributed by atoms with Crippen LogP contribution in [0.4, 0.5) is 5.88 Å². The first-order chi connectivity index (χ1) is 11.0. The lowest BCUT2D eigenvalue weighted by atomic mass is 10.1. The molecule has 0 saturated carbocycles. The molecule has 0 spiro atoms. The molecular formula is C16H13BrN2O4. The summed E-state index contributed by atoms with van der Waals surface area (Å²) in [5.41, 5.74) is 0.786. The summed E-state index contributed by atoms with van der Waals surface area (Å²) in [5, 5.41) is 15.6. The van der Waals surface area contributed by atoms with E-state index in [-0.39, 0.29) is 17.1 Å². The van der Waals surface area contributed by atoms with E-state index >= 15 is 0 Å². The molecule has 1 aromatic heterocycles. The van der Waals surface area contributed by atoms with Gasteiger partial charge in [-0.3, -0.25) is 10.1 Å². The van der Waals surface area contributed by atoms with Crippen molar-refractivity contribution in [2.24, 2.45) is 0 Å². The summed E-state index contributed by atoms with van der Waals surface area (Å²) in [7, 11) is 0. The van der Waals surface area contributed by atoms with Crippen molar-refractivity contribution in [3.63, 3.8) is 0 Å². The van der Waals surface area contributed by atoms with Gasteiger partial charge in [0.25, 0.3) is 5.91 Å². The van der Waals surface area contributed by atoms with Crippen molar-refractivity contribution in [3.05, 3.63) is 58.6 Å². The van der Waals surface area contributed by atoms with Crippen LogP contribution in [0, 0.1) is 0 Å². The average molecular weight is 377 g/mol. The molecule has 0 fully saturated rings. The number of carbonyl (C=O) groups is 2. The summed E-state index contributed by atoms with van der Waals surface area (Å²) in [6.07, 6.45) is 2.91. The van der Waals surface area contributed by atoms with Gasteiger partial charge in [0.2, 0.25) is 5.88 Å². The second-order valence-corrected chi connectivity index (χ2v) is 5.37. The van der Waals surface area contributed by atoms with Crippen LogP contribution in [0.1, 0.15) is 17.3 Å². The molecule has 6 nitrogen and oxygen atoms in total. The largest absolute Gasteiger partial charge is 0.477 e. The minimum atomic E-state index is -1.25. The molecule has 0 aliphatic carbocycles. The molecule has 1 amide bonds. The fraction of sp³-hybridized carbons (Fsp3) is 0.0625. The first-order valence-electron chi connectivity index (χ1n) is 6.57. The Morgan fingerprint density at radius 3 is 2.52 bits per heavy atom. The van der Waals surface area contributed by atoms with E-state index in [1.807, 2.05) is 0 Å². The Morgan fingerprint density at radius 2 is 2.00 bits per heavy atom. The summed E-state index contributed by atoms with van der Waals surface area (Å²) in [5.74, 6) is -2.00. The lowest BCUT2D eigenvalue weighted by Gasteiger charge is -2.03. The molecule has 1 aromatic carbocycles. The number of halogens is 1. The van der Waals surface area contributed by atoms with Gasteiger partial charge >= 0.3 is 5.97 Å². The topological polar surface area (TPSA) is 92.4 Å². The SMILES string of the molecule is C=C/C(=C\C)C(=O)Nc1onc(-c2ccc(Br)cc2)c1C(=O)O. The first-order valence-corrected chi connectivity index (χ1v) is 7.36. The van der Waals surface area contributed by atoms with E-state index in [9.17, 15) is 14.7 Å². The van der Waals surface area contributed by atoms with Crippen LogP contribution < -0.4 is 5.32 Å². The van der Waals surface area contributed by atoms with Gasteiger partial charge in [-0.25, -0.2) is 4.79 Å². The zero-order valence-corrected chi connectivity index (χ0v) is 13.8. The van der Waals surface area contributed by atoms with Crippen molar-refractivity contribution in [1.82, 2.24) is 5.16 Å². The zero-order chi connectivity index (χ0) is 17.0. The molecule has 7 heteroatoms. The molecule has 0 bridgehead atoms. The van der Waals surface area contributed by atoms with Crippen LogP contribution >= 0.6 is 15.9 Å². The van der Waals surface area contributed by atoms with Crippen LogP contribution in [-0.4, -0.2) is 22.1 Å². The molecule has 2 aromatic rings. The molecule has 0 radical (unpaired) electrons. The van der Waals surface area contributed by atoms with E-state index < -0.39 is 11.9 Å². The highest BCUT2D eigenvalue weighted by molar-refractivity contribution is 9.10. The van der Waals surface area contributed by atoms with Gasteiger partial charge in [-0.2, -0.15) is 0 Å². The minimum absolute atomic E-state index is 0.140. The zero-order valence-electron chi connectivity index (χ0n) is 12.2. The third-order valence-corrected chi connectivity index (χ3v) is 3.57. The van der Waals surface area contributed by atoms with Gasteiger partial charge in [-0.1, -0.05) is 52.0 Å². The second-order valence-electron chi connectivity index (χ2n) is 4.45. The molecule has 0 atom stereocenters. The van der Waals surface area contributed by atoms with Crippen LogP contribution in [0.3, 0.4) is 0 Å². The fourth-order valence-electron chi connectivity index (χ4n) is 1.90. The Hall–Kier alpha value is -2.67. The number of hydrogen-bond donors (Lipinski definition) is 2. The Morgan fingerprint density at radius 1 is 1.35 bits per heavy atom. The van der Waals surface area contributed by atoms with Crippen LogP contribution in [0.15, 0.2) is 57.6 Å². The third kappa shape index (κ3) is 3.57. The molecule has 0 aliphatic heterocycles. The fourth-order valence-corrected chi connectivity index (χ4v) is 2.16. The van der Waals surface area contributed by atoms with E-state index in [4.69, 9.17) is 4.52 Å². The summed E-state index contributed by atoms with van der Waals surface area (Å²) in [6, 6.07) is 6.90. The third-order valence-electron chi connectivity index (χ3n) is 3.04. The standard InChI is InChI=1S/C16H13BrN2O4/c1-3-9(4-2)14(20)18-15-12(16(21)22)13(19-23-15)10-5-7-11(17)8-6-10/h3-8H,1H2,2H3,(H,18,20)(H,21,22)/b9-4+. The summed E-state index contributed by atoms with van der Waals surface area (Å²) >= 11 is 3.30. The van der Waals surface area contributed by atoms with Crippen molar-refractivity contribution in [1.29, 1.82) is 0 Å². The number of amides is 1. The van der Waals surface area contributed by atoms with Crippen molar-refractivity contribution < 1.29 is 19.2 Å². The summed E-state index contributed by atoms with van der Waals surface area (Å²) < 4.78 is 5.86. The quantitative estimate of drug-likeness (QED) is 0.610. The number of rotatable bonds is 5. The Bertz CT molecular complexity index is 791. The molecule has 2 N–H and O–H groups in total. The lowest BCUT2D eigenvalue weighted by Crippen LogP contribution is -2.15. The van der Waals surface area contributed by atoms with Gasteiger partial charge < -0.3 is 9.63 Å². The van der Waals surface area contributed by atoms with Gasteiger partial charge in [0.05, 0.1) is 0 Å². The maximum atomic E-state index is 12.0. The van der Waals surface area contributed by atoms with E-state index in [1.54, 1.807) is 37.3 Å². The molecule has 0 unspecified atom stereocenters. The highest BCUT2D eigenvalue weighted by Crippen LogP contribution is 2.30. The molecule has 0 aliphatic rings. The van der Waals surface area contributed by atoms with E-state index in [0.29, 0.717) is 11.1 Å². The predicted molar refractivity (Wildman–Crippen MR) is 89.2 cm³/mol. The highest BCUT2D eigenvalue weighted by atomic mass is 79.9. The number of nitrogens with zero attached hydrogens (tertiary/aromatic N) is 1. The monoisotopic (exact) mass is 376 g/mol. The maximum absolute atomic E-state index is 12.0. The number of allylic oxidation sites excluding steroid dienone is 1. The van der Waals surface area contributed by atoms with Crippen molar-refractivity contribution >= 4 is 33.7 Å². The molecule has 2 rings (SSSR count). The molecule has 0 saturated heterocycles. The molecule has 23 heavy (non-hydrogen) atoms. The first kappa shape index (κ1) is 16.7. The van der Waals surface area contributed by atoms with Gasteiger partial charge in [0, 0.05) is 15.6 Å². The molecular weight excluding hydrogens is 364 g/mol. The van der Waals surface area contributed by atoms with Crippen molar-refractivity contribution in [2.45, 2.75) is 6.92 Å². The normalized spacial score (nSPS) is 11.1.